The van der Waals surface area contributed by atoms with E-state index in [-0.39, 0.29) is 35.2 Å². The molecule has 7 nitrogen and oxygen atoms in total. The third kappa shape index (κ3) is 2.63. The number of anilines is 1. The zero-order valence-corrected chi connectivity index (χ0v) is 17.0. The summed E-state index contributed by atoms with van der Waals surface area (Å²) in [6, 6.07) is 17.1. The minimum Gasteiger partial charge on any atom is -0.504 e. The molecular formula is C24H20N2O5. The Morgan fingerprint density at radius 1 is 1.06 bits per heavy atom. The van der Waals surface area contributed by atoms with E-state index in [1.807, 2.05) is 24.3 Å². The summed E-state index contributed by atoms with van der Waals surface area (Å²) in [5.74, 6) is -0.162. The van der Waals surface area contributed by atoms with Crippen molar-refractivity contribution in [3.63, 3.8) is 0 Å². The molecule has 31 heavy (non-hydrogen) atoms. The number of nitrogens with zero attached hydrogens (tertiary/aromatic N) is 2. The first kappa shape index (κ1) is 19.1. The molecule has 2 heterocycles. The summed E-state index contributed by atoms with van der Waals surface area (Å²) in [6.45, 7) is 2.05. The van der Waals surface area contributed by atoms with E-state index < -0.39 is 4.92 Å². The number of phenols is 1. The van der Waals surface area contributed by atoms with Crippen LogP contribution in [0.2, 0.25) is 0 Å². The molecular weight excluding hydrogens is 396 g/mol. The lowest BCUT2D eigenvalue weighted by atomic mass is 9.72. The van der Waals surface area contributed by atoms with Crippen molar-refractivity contribution in [2.75, 3.05) is 12.0 Å². The Hall–Kier alpha value is -3.87. The second-order valence-corrected chi connectivity index (χ2v) is 7.95. The number of para-hydroxylation sites is 1. The summed E-state index contributed by atoms with van der Waals surface area (Å²) < 4.78 is 5.30. The summed E-state index contributed by atoms with van der Waals surface area (Å²) in [5, 5.41) is 22.0. The molecule has 0 saturated carbocycles. The van der Waals surface area contributed by atoms with Gasteiger partial charge in [0, 0.05) is 17.5 Å². The number of aromatic hydroxyl groups is 1. The fraction of sp³-hybridized carbons (Fsp3) is 0.208. The monoisotopic (exact) mass is 416 g/mol. The second kappa shape index (κ2) is 6.84. The fourth-order valence-corrected chi connectivity index (χ4v) is 5.15. The molecule has 3 atom stereocenters. The molecule has 5 rings (SSSR count). The van der Waals surface area contributed by atoms with Gasteiger partial charge in [-0.15, -0.1) is 0 Å². The smallest absolute Gasteiger partial charge is 0.293 e. The number of nitro groups is 1. The maximum absolute atomic E-state index is 13.4. The van der Waals surface area contributed by atoms with E-state index in [2.05, 4.69) is 6.92 Å². The van der Waals surface area contributed by atoms with Crippen molar-refractivity contribution < 1.29 is 19.6 Å². The molecule has 3 aromatic carbocycles. The minimum absolute atomic E-state index is 0.0250. The van der Waals surface area contributed by atoms with Crippen molar-refractivity contribution in [1.29, 1.82) is 0 Å². The summed E-state index contributed by atoms with van der Waals surface area (Å²) in [5.41, 5.74) is 3.28. The zero-order chi connectivity index (χ0) is 21.9. The first-order chi connectivity index (χ1) is 14.9. The van der Waals surface area contributed by atoms with E-state index in [9.17, 15) is 20.0 Å². The quantitative estimate of drug-likeness (QED) is 0.489. The van der Waals surface area contributed by atoms with Crippen LogP contribution in [0.1, 0.15) is 45.9 Å². The lowest BCUT2D eigenvalue weighted by molar-refractivity contribution is -0.384. The van der Waals surface area contributed by atoms with Gasteiger partial charge in [-0.1, -0.05) is 43.3 Å². The van der Waals surface area contributed by atoms with Crippen LogP contribution < -0.4 is 9.64 Å². The molecule has 1 N–H and O–H groups in total. The number of phenolic OH excluding ortho intramolecular Hbond substituents is 1. The minimum atomic E-state index is -0.434. The van der Waals surface area contributed by atoms with Gasteiger partial charge in [0.25, 0.3) is 11.6 Å². The Bertz CT molecular complexity index is 1240. The van der Waals surface area contributed by atoms with Crippen LogP contribution in [0.3, 0.4) is 0 Å². The van der Waals surface area contributed by atoms with Gasteiger partial charge in [0.15, 0.2) is 11.5 Å². The van der Waals surface area contributed by atoms with Gasteiger partial charge in [-0.25, -0.2) is 0 Å². The lowest BCUT2D eigenvalue weighted by Gasteiger charge is -2.42. The van der Waals surface area contributed by atoms with E-state index in [0.29, 0.717) is 22.6 Å². The Kier molecular flexibility index (Phi) is 4.22. The zero-order valence-electron chi connectivity index (χ0n) is 17.0. The predicted molar refractivity (Wildman–Crippen MR) is 115 cm³/mol. The van der Waals surface area contributed by atoms with Gasteiger partial charge >= 0.3 is 0 Å². The highest BCUT2D eigenvalue weighted by Crippen LogP contribution is 2.57. The van der Waals surface area contributed by atoms with Crippen molar-refractivity contribution in [2.45, 2.75) is 18.9 Å². The van der Waals surface area contributed by atoms with Gasteiger partial charge in [0.2, 0.25) is 0 Å². The molecule has 3 aromatic rings. The SMILES string of the molecule is COc1cc(C2c3cccc([N+](=O)[O-])c3N3C(=O)c4ccccc4C3C2C)ccc1O. The van der Waals surface area contributed by atoms with Crippen LogP contribution in [0.25, 0.3) is 0 Å². The molecule has 0 fully saturated rings. The van der Waals surface area contributed by atoms with E-state index in [1.165, 1.54) is 13.2 Å². The highest BCUT2D eigenvalue weighted by molar-refractivity contribution is 6.13. The number of amides is 1. The average Bonchev–Trinajstić information content (AvgIpc) is 3.07. The molecule has 0 bridgehead atoms. The highest BCUT2D eigenvalue weighted by Gasteiger charge is 2.50. The summed E-state index contributed by atoms with van der Waals surface area (Å²) >= 11 is 0. The molecule has 0 aliphatic carbocycles. The fourth-order valence-electron chi connectivity index (χ4n) is 5.15. The van der Waals surface area contributed by atoms with Gasteiger partial charge in [-0.3, -0.25) is 19.8 Å². The number of carbonyl (C=O) groups is 1. The molecule has 156 valence electrons. The Balaban J connectivity index is 1.80. The average molecular weight is 416 g/mol. The number of nitro benzene ring substituents is 1. The topological polar surface area (TPSA) is 92.9 Å². The van der Waals surface area contributed by atoms with Crippen molar-refractivity contribution in [3.05, 3.63) is 93.0 Å². The molecule has 3 unspecified atom stereocenters. The molecule has 0 radical (unpaired) electrons. The third-order valence-corrected chi connectivity index (χ3v) is 6.41. The summed E-state index contributed by atoms with van der Waals surface area (Å²) in [7, 11) is 1.48. The lowest BCUT2D eigenvalue weighted by Crippen LogP contribution is -2.39. The molecule has 2 aliphatic heterocycles. The number of rotatable bonds is 3. The van der Waals surface area contributed by atoms with E-state index in [1.54, 1.807) is 35.2 Å². The normalized spacial score (nSPS) is 21.3. The number of ether oxygens (including phenoxy) is 1. The number of methoxy groups -OCH3 is 1. The van der Waals surface area contributed by atoms with Crippen LogP contribution in [0, 0.1) is 16.0 Å². The van der Waals surface area contributed by atoms with Gasteiger partial charge in [-0.05, 0) is 40.8 Å². The third-order valence-electron chi connectivity index (χ3n) is 6.41. The van der Waals surface area contributed by atoms with Crippen molar-refractivity contribution in [2.24, 2.45) is 5.92 Å². The molecule has 1 amide bonds. The highest BCUT2D eigenvalue weighted by atomic mass is 16.6. The number of benzene rings is 3. The van der Waals surface area contributed by atoms with E-state index >= 15 is 0 Å². The molecule has 2 aliphatic rings. The van der Waals surface area contributed by atoms with Crippen LogP contribution in [0.15, 0.2) is 60.7 Å². The summed E-state index contributed by atoms with van der Waals surface area (Å²) in [4.78, 5) is 26.4. The van der Waals surface area contributed by atoms with Gasteiger partial charge in [-0.2, -0.15) is 0 Å². The molecule has 7 heteroatoms. The predicted octanol–water partition coefficient (Wildman–Crippen LogP) is 4.79. The maximum Gasteiger partial charge on any atom is 0.293 e. The first-order valence-corrected chi connectivity index (χ1v) is 10.0. The van der Waals surface area contributed by atoms with Crippen molar-refractivity contribution in [3.8, 4) is 11.5 Å². The number of hydrogen-bond acceptors (Lipinski definition) is 5. The Morgan fingerprint density at radius 3 is 2.55 bits per heavy atom. The van der Waals surface area contributed by atoms with Crippen LogP contribution in [-0.4, -0.2) is 23.0 Å². The van der Waals surface area contributed by atoms with Crippen LogP contribution in [0.5, 0.6) is 11.5 Å². The Morgan fingerprint density at radius 2 is 1.81 bits per heavy atom. The summed E-state index contributed by atoms with van der Waals surface area (Å²) in [6.07, 6.45) is 0. The van der Waals surface area contributed by atoms with Crippen LogP contribution >= 0.6 is 0 Å². The van der Waals surface area contributed by atoms with Gasteiger partial charge in [0.1, 0.15) is 5.69 Å². The number of fused-ring (bicyclic) bond motifs is 5. The first-order valence-electron chi connectivity index (χ1n) is 10.0. The second-order valence-electron chi connectivity index (χ2n) is 7.95. The largest absolute Gasteiger partial charge is 0.504 e. The van der Waals surface area contributed by atoms with Gasteiger partial charge < -0.3 is 9.84 Å². The van der Waals surface area contributed by atoms with Crippen LogP contribution in [-0.2, 0) is 0 Å². The Labute approximate surface area is 178 Å². The molecule has 0 spiro atoms. The molecule has 0 aromatic heterocycles. The van der Waals surface area contributed by atoms with E-state index in [4.69, 9.17) is 4.74 Å². The maximum atomic E-state index is 13.4. The van der Waals surface area contributed by atoms with E-state index in [0.717, 1.165) is 11.1 Å². The van der Waals surface area contributed by atoms with Gasteiger partial charge in [0.05, 0.1) is 18.1 Å². The van der Waals surface area contributed by atoms with Crippen molar-refractivity contribution >= 4 is 17.3 Å². The molecule has 0 saturated heterocycles. The van der Waals surface area contributed by atoms with Crippen molar-refractivity contribution in [1.82, 2.24) is 0 Å². The van der Waals surface area contributed by atoms with Crippen LogP contribution in [0.4, 0.5) is 11.4 Å². The number of carbonyl (C=O) groups excluding carboxylic acids is 1. The standard InChI is InChI=1S/C24H20N2O5/c1-13-21(14-10-11-19(27)20(12-14)31-2)17-8-5-9-18(26(29)30)23(17)25-22(13)15-6-3-4-7-16(15)24(25)28/h3-13,21-22,27H,1-2H3. The number of hydrogen-bond donors (Lipinski definition) is 1.